The topological polar surface area (TPSA) is 159 Å². The van der Waals surface area contributed by atoms with Gasteiger partial charge in [0.1, 0.15) is 13.1 Å². The van der Waals surface area contributed by atoms with E-state index in [4.69, 9.17) is 22.9 Å². The zero-order valence-electron chi connectivity index (χ0n) is 10.1. The van der Waals surface area contributed by atoms with Crippen LogP contribution in [-0.2, 0) is 9.59 Å². The van der Waals surface area contributed by atoms with E-state index in [1.165, 1.54) is 18.2 Å². The van der Waals surface area contributed by atoms with Gasteiger partial charge < -0.3 is 27.8 Å². The molecule has 19 heavy (non-hydrogen) atoms. The van der Waals surface area contributed by atoms with Gasteiger partial charge in [0.05, 0.1) is 0 Å². The lowest BCUT2D eigenvalue weighted by atomic mass is 10.1. The SMILES string of the molecule is NC(=O)CN(CC(N)=O)C(=O)c1cc(N)cc(N)c1. The summed E-state index contributed by atoms with van der Waals surface area (Å²) in [6.45, 7) is -0.840. The van der Waals surface area contributed by atoms with Gasteiger partial charge in [-0.15, -0.1) is 0 Å². The molecule has 3 amide bonds. The van der Waals surface area contributed by atoms with Crippen molar-refractivity contribution < 1.29 is 14.4 Å². The van der Waals surface area contributed by atoms with Crippen LogP contribution in [0, 0.1) is 0 Å². The number of hydrogen-bond donors (Lipinski definition) is 4. The molecule has 0 saturated carbocycles. The number of carbonyl (C=O) groups is 3. The van der Waals surface area contributed by atoms with E-state index < -0.39 is 30.8 Å². The number of anilines is 2. The van der Waals surface area contributed by atoms with Crippen LogP contribution >= 0.6 is 0 Å². The van der Waals surface area contributed by atoms with Gasteiger partial charge in [-0.05, 0) is 18.2 Å². The summed E-state index contributed by atoms with van der Waals surface area (Å²) in [5.74, 6) is -2.12. The molecule has 0 bridgehead atoms. The van der Waals surface area contributed by atoms with Gasteiger partial charge in [-0.2, -0.15) is 0 Å². The Labute approximate surface area is 109 Å². The fourth-order valence-electron chi connectivity index (χ4n) is 1.56. The Morgan fingerprint density at radius 2 is 1.32 bits per heavy atom. The van der Waals surface area contributed by atoms with Crippen LogP contribution in [0.4, 0.5) is 11.4 Å². The molecule has 0 unspecified atom stereocenters. The van der Waals surface area contributed by atoms with E-state index in [-0.39, 0.29) is 5.56 Å². The molecule has 0 aromatic heterocycles. The van der Waals surface area contributed by atoms with Crippen LogP contribution in [0.2, 0.25) is 0 Å². The third-order valence-electron chi connectivity index (χ3n) is 2.21. The van der Waals surface area contributed by atoms with Gasteiger partial charge >= 0.3 is 0 Å². The number of primary amides is 2. The van der Waals surface area contributed by atoms with Gasteiger partial charge in [-0.1, -0.05) is 0 Å². The second-order valence-corrected chi connectivity index (χ2v) is 3.98. The third-order valence-corrected chi connectivity index (χ3v) is 2.21. The predicted octanol–water partition coefficient (Wildman–Crippen LogP) is -1.74. The second kappa shape index (κ2) is 5.71. The minimum atomic E-state index is -0.758. The smallest absolute Gasteiger partial charge is 0.254 e. The summed E-state index contributed by atoms with van der Waals surface area (Å²) < 4.78 is 0. The van der Waals surface area contributed by atoms with Crippen LogP contribution in [0.25, 0.3) is 0 Å². The summed E-state index contributed by atoms with van der Waals surface area (Å²) in [4.78, 5) is 34.8. The normalized spacial score (nSPS) is 9.89. The number of rotatable bonds is 5. The van der Waals surface area contributed by atoms with E-state index in [1.54, 1.807) is 0 Å². The summed E-state index contributed by atoms with van der Waals surface area (Å²) in [6, 6.07) is 4.24. The molecule has 0 heterocycles. The summed E-state index contributed by atoms with van der Waals surface area (Å²) in [5, 5.41) is 0. The molecule has 0 aliphatic rings. The van der Waals surface area contributed by atoms with Gasteiger partial charge in [0, 0.05) is 16.9 Å². The Morgan fingerprint density at radius 3 is 1.68 bits per heavy atom. The summed E-state index contributed by atoms with van der Waals surface area (Å²) in [7, 11) is 0. The Balaban J connectivity index is 3.03. The number of nitrogens with two attached hydrogens (primary N) is 4. The Kier molecular flexibility index (Phi) is 4.30. The van der Waals surface area contributed by atoms with E-state index in [0.717, 1.165) is 4.90 Å². The van der Waals surface area contributed by atoms with E-state index in [0.29, 0.717) is 11.4 Å². The Bertz CT molecular complexity index is 493. The predicted molar refractivity (Wildman–Crippen MR) is 69.6 cm³/mol. The van der Waals surface area contributed by atoms with Gasteiger partial charge in [-0.25, -0.2) is 0 Å². The fraction of sp³-hybridized carbons (Fsp3) is 0.182. The minimum absolute atomic E-state index is 0.153. The molecular weight excluding hydrogens is 250 g/mol. The Hall–Kier alpha value is -2.77. The van der Waals surface area contributed by atoms with Crippen molar-refractivity contribution in [3.8, 4) is 0 Å². The van der Waals surface area contributed by atoms with Crippen molar-refractivity contribution in [2.75, 3.05) is 24.6 Å². The first-order valence-corrected chi connectivity index (χ1v) is 5.31. The maximum atomic E-state index is 12.1. The zero-order chi connectivity index (χ0) is 14.6. The molecule has 0 radical (unpaired) electrons. The van der Waals surface area contributed by atoms with Crippen LogP contribution in [0.3, 0.4) is 0 Å². The molecule has 0 spiro atoms. The molecular formula is C11H15N5O3. The lowest BCUT2D eigenvalue weighted by Gasteiger charge is -2.19. The first kappa shape index (κ1) is 14.3. The highest BCUT2D eigenvalue weighted by atomic mass is 16.2. The molecule has 1 aromatic rings. The van der Waals surface area contributed by atoms with Crippen molar-refractivity contribution in [3.63, 3.8) is 0 Å². The van der Waals surface area contributed by atoms with Crippen molar-refractivity contribution in [3.05, 3.63) is 23.8 Å². The zero-order valence-corrected chi connectivity index (χ0v) is 10.1. The lowest BCUT2D eigenvalue weighted by molar-refractivity contribution is -0.121. The Morgan fingerprint density at radius 1 is 0.895 bits per heavy atom. The monoisotopic (exact) mass is 265 g/mol. The number of nitrogens with zero attached hydrogens (tertiary/aromatic N) is 1. The number of hydrogen-bond acceptors (Lipinski definition) is 5. The summed E-state index contributed by atoms with van der Waals surface area (Å²) in [5.41, 5.74) is 21.9. The average molecular weight is 265 g/mol. The van der Waals surface area contributed by atoms with Crippen LogP contribution in [-0.4, -0.2) is 35.7 Å². The highest BCUT2D eigenvalue weighted by molar-refractivity contribution is 5.99. The maximum Gasteiger partial charge on any atom is 0.254 e. The van der Waals surface area contributed by atoms with Crippen molar-refractivity contribution in [1.29, 1.82) is 0 Å². The number of amides is 3. The molecule has 0 atom stereocenters. The van der Waals surface area contributed by atoms with Crippen molar-refractivity contribution in [2.45, 2.75) is 0 Å². The number of nitrogen functional groups attached to an aromatic ring is 2. The van der Waals surface area contributed by atoms with Crippen molar-refractivity contribution >= 4 is 29.1 Å². The van der Waals surface area contributed by atoms with E-state index in [2.05, 4.69) is 0 Å². The van der Waals surface area contributed by atoms with Gasteiger partial charge in [-0.3, -0.25) is 14.4 Å². The maximum absolute atomic E-state index is 12.1. The molecule has 0 aliphatic carbocycles. The molecule has 1 aromatic carbocycles. The molecule has 8 heteroatoms. The third kappa shape index (κ3) is 4.19. The molecule has 0 fully saturated rings. The number of carbonyl (C=O) groups excluding carboxylic acids is 3. The van der Waals surface area contributed by atoms with Crippen LogP contribution < -0.4 is 22.9 Å². The first-order valence-electron chi connectivity index (χ1n) is 5.31. The summed E-state index contributed by atoms with van der Waals surface area (Å²) >= 11 is 0. The van der Waals surface area contributed by atoms with Gasteiger partial charge in [0.25, 0.3) is 5.91 Å². The number of benzene rings is 1. The average Bonchev–Trinajstić information content (AvgIpc) is 2.24. The minimum Gasteiger partial charge on any atom is -0.399 e. The molecule has 8 N–H and O–H groups in total. The first-order chi connectivity index (χ1) is 8.79. The largest absolute Gasteiger partial charge is 0.399 e. The second-order valence-electron chi connectivity index (χ2n) is 3.98. The van der Waals surface area contributed by atoms with Crippen LogP contribution in [0.1, 0.15) is 10.4 Å². The lowest BCUT2D eigenvalue weighted by Crippen LogP contribution is -2.43. The summed E-state index contributed by atoms with van der Waals surface area (Å²) in [6.07, 6.45) is 0. The molecule has 0 aliphatic heterocycles. The van der Waals surface area contributed by atoms with Gasteiger partial charge in [0.15, 0.2) is 0 Å². The van der Waals surface area contributed by atoms with Gasteiger partial charge in [0.2, 0.25) is 11.8 Å². The molecule has 8 nitrogen and oxygen atoms in total. The van der Waals surface area contributed by atoms with Crippen LogP contribution in [0.15, 0.2) is 18.2 Å². The van der Waals surface area contributed by atoms with E-state index in [1.807, 2.05) is 0 Å². The quantitative estimate of drug-likeness (QED) is 0.464. The van der Waals surface area contributed by atoms with Crippen molar-refractivity contribution in [2.24, 2.45) is 11.5 Å². The van der Waals surface area contributed by atoms with E-state index >= 15 is 0 Å². The molecule has 1 rings (SSSR count). The van der Waals surface area contributed by atoms with E-state index in [9.17, 15) is 14.4 Å². The highest BCUT2D eigenvalue weighted by Crippen LogP contribution is 2.15. The molecule has 0 saturated heterocycles. The van der Waals surface area contributed by atoms with Crippen molar-refractivity contribution in [1.82, 2.24) is 4.90 Å². The standard InChI is InChI=1S/C11H15N5O3/c12-7-1-6(2-8(13)3-7)11(19)16(4-9(14)17)5-10(15)18/h1-3H,4-5,12-13H2,(H2,14,17)(H2,15,18). The van der Waals surface area contributed by atoms with Crippen LogP contribution in [0.5, 0.6) is 0 Å². The fourth-order valence-corrected chi connectivity index (χ4v) is 1.56. The highest BCUT2D eigenvalue weighted by Gasteiger charge is 2.20. The molecule has 102 valence electrons.